The summed E-state index contributed by atoms with van der Waals surface area (Å²) in [5, 5.41) is 18.6. The maximum Gasteiger partial charge on any atom is 0.264 e. The minimum absolute atomic E-state index is 0.0645. The molecular weight excluding hydrogens is 434 g/mol. The van der Waals surface area contributed by atoms with E-state index >= 15 is 0 Å². The number of aromatic nitrogens is 4. The zero-order valence-corrected chi connectivity index (χ0v) is 18.2. The number of hydrazine groups is 1. The summed E-state index contributed by atoms with van der Waals surface area (Å²) in [6, 6.07) is 17.6. The van der Waals surface area contributed by atoms with Crippen molar-refractivity contribution in [1.29, 1.82) is 0 Å². The van der Waals surface area contributed by atoms with Crippen LogP contribution < -0.4 is 10.7 Å². The molecule has 158 valence electrons. The van der Waals surface area contributed by atoms with Crippen molar-refractivity contribution in [1.82, 2.24) is 36.0 Å². The molecule has 3 aromatic rings. The second kappa shape index (κ2) is 8.33. The van der Waals surface area contributed by atoms with Gasteiger partial charge in [-0.25, -0.2) is 5.43 Å². The van der Waals surface area contributed by atoms with Gasteiger partial charge in [-0.15, -0.1) is 5.10 Å². The molecule has 10 heteroatoms. The van der Waals surface area contributed by atoms with E-state index in [1.54, 1.807) is 15.8 Å². The first kappa shape index (κ1) is 20.0. The number of fused-ring (bicyclic) bond motifs is 1. The molecule has 2 aromatic carbocycles. The first-order valence-corrected chi connectivity index (χ1v) is 11.2. The lowest BCUT2D eigenvalue weighted by atomic mass is 9.90. The highest BCUT2D eigenvalue weighted by Crippen LogP contribution is 2.34. The number of nitrogens with zero attached hydrogens (tertiary/aromatic N) is 5. The third-order valence-corrected chi connectivity index (χ3v) is 6.64. The Morgan fingerprint density at radius 1 is 1.13 bits per heavy atom. The van der Waals surface area contributed by atoms with Crippen LogP contribution >= 0.6 is 23.4 Å². The molecule has 3 unspecified atom stereocenters. The fourth-order valence-electron chi connectivity index (χ4n) is 4.00. The van der Waals surface area contributed by atoms with Crippen molar-refractivity contribution in [2.24, 2.45) is 0 Å². The van der Waals surface area contributed by atoms with Crippen LogP contribution in [-0.2, 0) is 4.79 Å². The number of carbonyl (C=O) groups is 1. The predicted octanol–water partition coefficient (Wildman–Crippen LogP) is 2.74. The summed E-state index contributed by atoms with van der Waals surface area (Å²) in [5.41, 5.74) is 6.14. The molecule has 8 nitrogen and oxygen atoms in total. The van der Waals surface area contributed by atoms with E-state index in [1.807, 2.05) is 54.6 Å². The highest BCUT2D eigenvalue weighted by molar-refractivity contribution is 7.99. The van der Waals surface area contributed by atoms with E-state index in [9.17, 15) is 4.79 Å². The van der Waals surface area contributed by atoms with Gasteiger partial charge in [-0.1, -0.05) is 53.7 Å². The van der Waals surface area contributed by atoms with Crippen LogP contribution in [0.25, 0.3) is 5.69 Å². The minimum atomic E-state index is -0.186. The number of thioether (sulfide) groups is 1. The molecule has 2 aliphatic heterocycles. The third-order valence-electron chi connectivity index (χ3n) is 5.42. The molecule has 2 N–H and O–H groups in total. The quantitative estimate of drug-likeness (QED) is 0.574. The van der Waals surface area contributed by atoms with Gasteiger partial charge in [0.1, 0.15) is 6.17 Å². The zero-order valence-electron chi connectivity index (χ0n) is 16.6. The summed E-state index contributed by atoms with van der Waals surface area (Å²) in [6.07, 6.45) is 1.44. The van der Waals surface area contributed by atoms with Crippen LogP contribution in [0.2, 0.25) is 5.02 Å². The Bertz CT molecular complexity index is 1120. The van der Waals surface area contributed by atoms with E-state index in [-0.39, 0.29) is 24.0 Å². The monoisotopic (exact) mass is 453 g/mol. The molecule has 1 amide bonds. The van der Waals surface area contributed by atoms with Crippen molar-refractivity contribution in [3.05, 3.63) is 77.0 Å². The highest BCUT2D eigenvalue weighted by atomic mass is 35.5. The molecule has 2 aliphatic rings. The molecule has 0 bridgehead atoms. The number of benzene rings is 2. The Balaban J connectivity index is 1.33. The van der Waals surface area contributed by atoms with E-state index in [0.29, 0.717) is 15.9 Å². The van der Waals surface area contributed by atoms with Gasteiger partial charge in [-0.05, 0) is 47.2 Å². The molecule has 0 saturated carbocycles. The lowest BCUT2D eigenvalue weighted by Crippen LogP contribution is -2.53. The summed E-state index contributed by atoms with van der Waals surface area (Å²) in [6.45, 7) is 2.08. The minimum Gasteiger partial charge on any atom is -0.366 e. The van der Waals surface area contributed by atoms with E-state index in [2.05, 4.69) is 33.2 Å². The standard InChI is InChI=1S/C21H20ClN7OS/c1-13-19(14-7-9-15(22)10-8-14)20-23-16(11-18(30)29(20)25-13)12-31-21-24-26-27-28(21)17-5-3-2-4-6-17/h2-11,13,19-20,23,25H,12H2,1H3. The second-order valence-corrected chi connectivity index (χ2v) is 8.84. The molecule has 1 saturated heterocycles. The lowest BCUT2D eigenvalue weighted by molar-refractivity contribution is -0.131. The van der Waals surface area contributed by atoms with Gasteiger partial charge in [0, 0.05) is 34.5 Å². The van der Waals surface area contributed by atoms with Crippen molar-refractivity contribution in [2.75, 3.05) is 5.75 Å². The summed E-state index contributed by atoms with van der Waals surface area (Å²) >= 11 is 7.54. The second-order valence-electron chi connectivity index (χ2n) is 7.46. The average molecular weight is 454 g/mol. The molecule has 3 heterocycles. The Labute approximate surface area is 188 Å². The fraction of sp³-hybridized carbons (Fsp3) is 0.238. The topological polar surface area (TPSA) is 88.0 Å². The predicted molar refractivity (Wildman–Crippen MR) is 119 cm³/mol. The molecule has 5 rings (SSSR count). The van der Waals surface area contributed by atoms with Crippen molar-refractivity contribution in [3.8, 4) is 5.69 Å². The van der Waals surface area contributed by atoms with Gasteiger partial charge in [-0.3, -0.25) is 9.80 Å². The molecule has 3 atom stereocenters. The SMILES string of the molecule is CC1NN2C(=O)C=C(CSc3nnnn3-c3ccccc3)NC2C1c1ccc(Cl)cc1. The summed E-state index contributed by atoms with van der Waals surface area (Å²) in [5.74, 6) is 0.570. The Hall–Kier alpha value is -2.88. The number of tetrazole rings is 1. The molecule has 0 aliphatic carbocycles. The number of hydrogen-bond donors (Lipinski definition) is 2. The number of rotatable bonds is 5. The van der Waals surface area contributed by atoms with Crippen molar-refractivity contribution in [2.45, 2.75) is 30.2 Å². The molecule has 31 heavy (non-hydrogen) atoms. The van der Waals surface area contributed by atoms with Gasteiger partial charge >= 0.3 is 0 Å². The van der Waals surface area contributed by atoms with Gasteiger partial charge in [0.15, 0.2) is 0 Å². The van der Waals surface area contributed by atoms with Gasteiger partial charge in [0.25, 0.3) is 5.91 Å². The van der Waals surface area contributed by atoms with Crippen LogP contribution in [-0.4, -0.2) is 49.1 Å². The summed E-state index contributed by atoms with van der Waals surface area (Å²) in [7, 11) is 0. The molecule has 1 fully saturated rings. The molecule has 0 radical (unpaired) electrons. The number of halogens is 1. The third kappa shape index (κ3) is 3.91. The zero-order chi connectivity index (χ0) is 21.4. The Kier molecular flexibility index (Phi) is 5.39. The summed E-state index contributed by atoms with van der Waals surface area (Å²) < 4.78 is 1.69. The van der Waals surface area contributed by atoms with Gasteiger partial charge < -0.3 is 5.32 Å². The van der Waals surface area contributed by atoms with Crippen molar-refractivity contribution >= 4 is 29.3 Å². The van der Waals surface area contributed by atoms with Crippen LogP contribution in [0.5, 0.6) is 0 Å². The van der Waals surface area contributed by atoms with Gasteiger partial charge in [0.05, 0.1) is 5.69 Å². The lowest BCUT2D eigenvalue weighted by Gasteiger charge is -2.33. The smallest absolute Gasteiger partial charge is 0.264 e. The van der Waals surface area contributed by atoms with Crippen LogP contribution in [0, 0.1) is 0 Å². The molecule has 0 spiro atoms. The maximum absolute atomic E-state index is 12.8. The van der Waals surface area contributed by atoms with Gasteiger partial charge in [0.2, 0.25) is 5.16 Å². The fourth-order valence-corrected chi connectivity index (χ4v) is 4.94. The van der Waals surface area contributed by atoms with Crippen molar-refractivity contribution < 1.29 is 4.79 Å². The molecule has 1 aromatic heterocycles. The van der Waals surface area contributed by atoms with E-state index in [4.69, 9.17) is 11.6 Å². The Morgan fingerprint density at radius 3 is 2.68 bits per heavy atom. The van der Waals surface area contributed by atoms with E-state index in [0.717, 1.165) is 16.9 Å². The van der Waals surface area contributed by atoms with E-state index < -0.39 is 0 Å². The summed E-state index contributed by atoms with van der Waals surface area (Å²) in [4.78, 5) is 12.8. The van der Waals surface area contributed by atoms with Crippen LogP contribution in [0.1, 0.15) is 18.4 Å². The van der Waals surface area contributed by atoms with Crippen molar-refractivity contribution in [3.63, 3.8) is 0 Å². The highest BCUT2D eigenvalue weighted by Gasteiger charge is 2.44. The normalized spacial score (nSPS) is 22.8. The number of hydrogen-bond acceptors (Lipinski definition) is 7. The number of amides is 1. The Morgan fingerprint density at radius 2 is 1.90 bits per heavy atom. The maximum atomic E-state index is 12.8. The van der Waals surface area contributed by atoms with Crippen LogP contribution in [0.15, 0.2) is 71.5 Å². The largest absolute Gasteiger partial charge is 0.366 e. The number of nitrogens with one attached hydrogen (secondary N) is 2. The number of carbonyl (C=O) groups excluding carboxylic acids is 1. The van der Waals surface area contributed by atoms with Gasteiger partial charge in [-0.2, -0.15) is 4.68 Å². The van der Waals surface area contributed by atoms with Crippen LogP contribution in [0.4, 0.5) is 0 Å². The first-order chi connectivity index (χ1) is 15.1. The number of para-hydroxylation sites is 1. The molecular formula is C21H20ClN7OS. The van der Waals surface area contributed by atoms with Crippen LogP contribution in [0.3, 0.4) is 0 Å². The first-order valence-electron chi connectivity index (χ1n) is 9.89. The van der Waals surface area contributed by atoms with E-state index in [1.165, 1.54) is 11.8 Å². The average Bonchev–Trinajstić information content (AvgIpc) is 3.38.